The number of nitrogens with zero attached hydrogens (tertiary/aromatic N) is 1. The first-order valence-corrected chi connectivity index (χ1v) is 8.64. The van der Waals surface area contributed by atoms with Crippen molar-refractivity contribution in [2.75, 3.05) is 19.3 Å². The highest BCUT2D eigenvalue weighted by molar-refractivity contribution is 7.88. The lowest BCUT2D eigenvalue weighted by atomic mass is 10.2. The largest absolute Gasteiger partial charge is 0.356 e. The molecule has 0 spiro atoms. The summed E-state index contributed by atoms with van der Waals surface area (Å²) in [6.45, 7) is 2.75. The van der Waals surface area contributed by atoms with E-state index in [-0.39, 0.29) is 31.2 Å². The van der Waals surface area contributed by atoms with E-state index in [0.29, 0.717) is 12.1 Å². The Balaban J connectivity index is 2.65. The van der Waals surface area contributed by atoms with Crippen LogP contribution >= 0.6 is 0 Å². The van der Waals surface area contributed by atoms with Crippen molar-refractivity contribution in [3.63, 3.8) is 0 Å². The van der Waals surface area contributed by atoms with Gasteiger partial charge in [0.2, 0.25) is 15.9 Å². The number of carbonyl (C=O) groups is 1. The Morgan fingerprint density at radius 2 is 1.90 bits per heavy atom. The SMILES string of the molecule is CCCNC(=O)CCN(Cc1ccc(F)cc1)S(C)(=O)=O. The summed E-state index contributed by atoms with van der Waals surface area (Å²) in [4.78, 5) is 11.5. The van der Waals surface area contributed by atoms with Crippen LogP contribution in [0, 0.1) is 5.82 Å². The maximum absolute atomic E-state index is 12.8. The first-order valence-electron chi connectivity index (χ1n) is 6.79. The fraction of sp³-hybridized carbons (Fsp3) is 0.500. The molecule has 118 valence electrons. The second kappa shape index (κ2) is 8.09. The number of rotatable bonds is 8. The lowest BCUT2D eigenvalue weighted by Crippen LogP contribution is -2.34. The molecule has 7 heteroatoms. The Labute approximate surface area is 125 Å². The van der Waals surface area contributed by atoms with Crippen molar-refractivity contribution < 1.29 is 17.6 Å². The molecule has 1 aromatic carbocycles. The molecule has 0 saturated carbocycles. The molecule has 0 bridgehead atoms. The minimum Gasteiger partial charge on any atom is -0.356 e. The molecule has 0 heterocycles. The number of halogens is 1. The van der Waals surface area contributed by atoms with Gasteiger partial charge in [-0.15, -0.1) is 0 Å². The van der Waals surface area contributed by atoms with E-state index in [9.17, 15) is 17.6 Å². The minimum absolute atomic E-state index is 0.103. The number of hydrogen-bond donors (Lipinski definition) is 1. The van der Waals surface area contributed by atoms with Gasteiger partial charge in [-0.05, 0) is 24.1 Å². The van der Waals surface area contributed by atoms with Gasteiger partial charge in [-0.25, -0.2) is 12.8 Å². The van der Waals surface area contributed by atoms with Gasteiger partial charge in [0.15, 0.2) is 0 Å². The normalized spacial score (nSPS) is 11.6. The molecule has 0 aliphatic rings. The zero-order valence-electron chi connectivity index (χ0n) is 12.3. The monoisotopic (exact) mass is 316 g/mol. The predicted octanol–water partition coefficient (Wildman–Crippen LogP) is 1.50. The molecule has 0 atom stereocenters. The minimum atomic E-state index is -3.43. The average molecular weight is 316 g/mol. The van der Waals surface area contributed by atoms with Gasteiger partial charge in [-0.1, -0.05) is 19.1 Å². The smallest absolute Gasteiger partial charge is 0.221 e. The standard InChI is InChI=1S/C14H21FN2O3S/c1-3-9-16-14(18)8-10-17(21(2,19)20)11-12-4-6-13(15)7-5-12/h4-7H,3,8-11H2,1-2H3,(H,16,18). The van der Waals surface area contributed by atoms with Crippen LogP contribution in [0.25, 0.3) is 0 Å². The highest BCUT2D eigenvalue weighted by atomic mass is 32.2. The predicted molar refractivity (Wildman–Crippen MR) is 79.6 cm³/mol. The number of sulfonamides is 1. The van der Waals surface area contributed by atoms with Crippen LogP contribution in [-0.2, 0) is 21.4 Å². The van der Waals surface area contributed by atoms with Gasteiger partial charge in [0.25, 0.3) is 0 Å². The molecule has 0 aliphatic carbocycles. The third kappa shape index (κ3) is 6.68. The van der Waals surface area contributed by atoms with Crippen molar-refractivity contribution >= 4 is 15.9 Å². The first kappa shape index (κ1) is 17.6. The van der Waals surface area contributed by atoms with Crippen LogP contribution in [0.15, 0.2) is 24.3 Å². The van der Waals surface area contributed by atoms with E-state index in [1.165, 1.54) is 28.6 Å². The fourth-order valence-corrected chi connectivity index (χ4v) is 2.54. The number of carbonyl (C=O) groups excluding carboxylic acids is 1. The summed E-state index contributed by atoms with van der Waals surface area (Å²) >= 11 is 0. The van der Waals surface area contributed by atoms with Crippen LogP contribution in [0.5, 0.6) is 0 Å². The Bertz CT molecular complexity index is 558. The molecule has 0 saturated heterocycles. The highest BCUT2D eigenvalue weighted by Crippen LogP contribution is 2.10. The Kier molecular flexibility index (Phi) is 6.77. The Morgan fingerprint density at radius 1 is 1.29 bits per heavy atom. The molecule has 5 nitrogen and oxygen atoms in total. The Hall–Kier alpha value is -1.47. The van der Waals surface area contributed by atoms with Gasteiger partial charge in [0.1, 0.15) is 5.82 Å². The average Bonchev–Trinajstić information content (AvgIpc) is 2.41. The summed E-state index contributed by atoms with van der Waals surface area (Å²) in [6.07, 6.45) is 2.03. The summed E-state index contributed by atoms with van der Waals surface area (Å²) in [5.74, 6) is -0.548. The number of hydrogen-bond acceptors (Lipinski definition) is 3. The van der Waals surface area contributed by atoms with E-state index in [2.05, 4.69) is 5.32 Å². The van der Waals surface area contributed by atoms with Crippen molar-refractivity contribution in [3.05, 3.63) is 35.6 Å². The van der Waals surface area contributed by atoms with Crippen LogP contribution in [0.3, 0.4) is 0 Å². The van der Waals surface area contributed by atoms with Crippen molar-refractivity contribution in [1.29, 1.82) is 0 Å². The quantitative estimate of drug-likeness (QED) is 0.790. The lowest BCUT2D eigenvalue weighted by molar-refractivity contribution is -0.121. The van der Waals surface area contributed by atoms with Crippen molar-refractivity contribution in [2.24, 2.45) is 0 Å². The second-order valence-corrected chi connectivity index (χ2v) is 6.81. The van der Waals surface area contributed by atoms with E-state index >= 15 is 0 Å². The zero-order chi connectivity index (χ0) is 15.9. The molecule has 21 heavy (non-hydrogen) atoms. The van der Waals surface area contributed by atoms with Crippen molar-refractivity contribution in [2.45, 2.75) is 26.3 Å². The number of benzene rings is 1. The molecule has 0 fully saturated rings. The highest BCUT2D eigenvalue weighted by Gasteiger charge is 2.18. The topological polar surface area (TPSA) is 66.5 Å². The van der Waals surface area contributed by atoms with Crippen LogP contribution in [0.1, 0.15) is 25.3 Å². The fourth-order valence-electron chi connectivity index (χ4n) is 1.73. The maximum atomic E-state index is 12.8. The Morgan fingerprint density at radius 3 is 2.43 bits per heavy atom. The third-order valence-corrected chi connectivity index (χ3v) is 4.15. The van der Waals surface area contributed by atoms with E-state index in [1.807, 2.05) is 6.92 Å². The molecule has 1 N–H and O–H groups in total. The molecular weight excluding hydrogens is 295 g/mol. The molecule has 1 amide bonds. The molecule has 0 aliphatic heterocycles. The number of nitrogens with one attached hydrogen (secondary N) is 1. The van der Waals surface area contributed by atoms with E-state index in [1.54, 1.807) is 0 Å². The van der Waals surface area contributed by atoms with Crippen molar-refractivity contribution in [1.82, 2.24) is 9.62 Å². The summed E-state index contributed by atoms with van der Waals surface area (Å²) in [5.41, 5.74) is 0.677. The summed E-state index contributed by atoms with van der Waals surface area (Å²) in [6, 6.07) is 5.63. The summed E-state index contributed by atoms with van der Waals surface area (Å²) in [7, 11) is -3.43. The van der Waals surface area contributed by atoms with Crippen LogP contribution in [-0.4, -0.2) is 38.0 Å². The van der Waals surface area contributed by atoms with Gasteiger partial charge in [-0.3, -0.25) is 4.79 Å². The van der Waals surface area contributed by atoms with E-state index in [0.717, 1.165) is 12.7 Å². The molecule has 0 unspecified atom stereocenters. The first-order chi connectivity index (χ1) is 9.82. The maximum Gasteiger partial charge on any atom is 0.221 e. The van der Waals surface area contributed by atoms with Crippen LogP contribution in [0.2, 0.25) is 0 Å². The summed E-state index contributed by atoms with van der Waals surface area (Å²) < 4.78 is 37.6. The second-order valence-electron chi connectivity index (χ2n) is 4.82. The van der Waals surface area contributed by atoms with Crippen molar-refractivity contribution in [3.8, 4) is 0 Å². The van der Waals surface area contributed by atoms with E-state index < -0.39 is 10.0 Å². The van der Waals surface area contributed by atoms with Gasteiger partial charge >= 0.3 is 0 Å². The van der Waals surface area contributed by atoms with E-state index in [4.69, 9.17) is 0 Å². The van der Waals surface area contributed by atoms with Crippen LogP contribution < -0.4 is 5.32 Å². The third-order valence-electron chi connectivity index (χ3n) is 2.90. The number of amides is 1. The zero-order valence-corrected chi connectivity index (χ0v) is 13.1. The summed E-state index contributed by atoms with van der Waals surface area (Å²) in [5, 5.41) is 2.70. The molecular formula is C14H21FN2O3S. The molecule has 1 aromatic rings. The lowest BCUT2D eigenvalue weighted by Gasteiger charge is -2.19. The van der Waals surface area contributed by atoms with Gasteiger partial charge in [0, 0.05) is 26.1 Å². The van der Waals surface area contributed by atoms with Gasteiger partial charge < -0.3 is 5.32 Å². The molecule has 0 radical (unpaired) electrons. The molecule has 0 aromatic heterocycles. The molecule has 1 rings (SSSR count). The van der Waals surface area contributed by atoms with Gasteiger partial charge in [-0.2, -0.15) is 4.31 Å². The van der Waals surface area contributed by atoms with Crippen LogP contribution in [0.4, 0.5) is 4.39 Å². The van der Waals surface area contributed by atoms with Gasteiger partial charge in [0.05, 0.1) is 6.26 Å².